The molecule has 1 unspecified atom stereocenters. The predicted octanol–water partition coefficient (Wildman–Crippen LogP) is 3.93. The number of carbonyl (C=O) groups is 1. The van der Waals surface area contributed by atoms with Crippen molar-refractivity contribution < 1.29 is 13.2 Å². The van der Waals surface area contributed by atoms with Gasteiger partial charge in [0.1, 0.15) is 10.7 Å². The Labute approximate surface area is 195 Å². The molecule has 0 spiro atoms. The van der Waals surface area contributed by atoms with Crippen LogP contribution in [0.5, 0.6) is 0 Å². The number of thioether (sulfide) groups is 1. The number of hydrogen-bond donors (Lipinski definition) is 3. The Hall–Kier alpha value is -2.37. The Bertz CT molecular complexity index is 1330. The SMILES string of the molecule is CCS(=O)(=O)Nc1ccc(NC(=O)C(C)SCc2nc3sc(C)c(C)c3c(=O)[nH]2)cc1C. The molecule has 0 saturated heterocycles. The van der Waals surface area contributed by atoms with E-state index in [1.165, 1.54) is 23.1 Å². The first kappa shape index (κ1) is 24.3. The lowest BCUT2D eigenvalue weighted by Crippen LogP contribution is -2.23. The number of fused-ring (bicyclic) bond motifs is 1. The highest BCUT2D eigenvalue weighted by molar-refractivity contribution is 7.99. The fourth-order valence-electron chi connectivity index (χ4n) is 2.99. The molecule has 0 aliphatic carbocycles. The minimum Gasteiger partial charge on any atom is -0.325 e. The largest absolute Gasteiger partial charge is 0.325 e. The number of anilines is 2. The van der Waals surface area contributed by atoms with Crippen LogP contribution in [0, 0.1) is 20.8 Å². The molecule has 1 atom stereocenters. The van der Waals surface area contributed by atoms with Gasteiger partial charge in [0.25, 0.3) is 5.56 Å². The Balaban J connectivity index is 1.63. The summed E-state index contributed by atoms with van der Waals surface area (Å²) in [7, 11) is -3.37. The fraction of sp³-hybridized carbons (Fsp3) is 0.381. The second-order valence-corrected chi connectivity index (χ2v) is 12.0. The molecular formula is C21H26N4O4S3. The van der Waals surface area contributed by atoms with Crippen LogP contribution < -0.4 is 15.6 Å². The van der Waals surface area contributed by atoms with Gasteiger partial charge in [0.2, 0.25) is 15.9 Å². The first-order valence-electron chi connectivity index (χ1n) is 10.0. The van der Waals surface area contributed by atoms with Gasteiger partial charge in [-0.25, -0.2) is 13.4 Å². The van der Waals surface area contributed by atoms with E-state index in [4.69, 9.17) is 0 Å². The van der Waals surface area contributed by atoms with Gasteiger partial charge in [0.15, 0.2) is 0 Å². The fourth-order valence-corrected chi connectivity index (χ4v) is 5.50. The average molecular weight is 495 g/mol. The van der Waals surface area contributed by atoms with Crippen molar-refractivity contribution in [1.82, 2.24) is 9.97 Å². The highest BCUT2D eigenvalue weighted by Crippen LogP contribution is 2.27. The standard InChI is InChI=1S/C21H26N4O4S3/c1-6-32(28,29)25-16-8-7-15(9-11(16)2)22-19(26)14(5)30-10-17-23-20(27)18-12(3)13(4)31-21(18)24-17/h7-9,14,25H,6,10H2,1-5H3,(H,22,26)(H,23,24,27). The van der Waals surface area contributed by atoms with Gasteiger partial charge in [-0.15, -0.1) is 23.1 Å². The first-order chi connectivity index (χ1) is 15.0. The van der Waals surface area contributed by atoms with Crippen molar-refractivity contribution in [3.63, 3.8) is 0 Å². The molecule has 0 fully saturated rings. The molecule has 172 valence electrons. The number of hydrogen-bond acceptors (Lipinski definition) is 7. The summed E-state index contributed by atoms with van der Waals surface area (Å²) < 4.78 is 26.0. The number of carbonyl (C=O) groups excluding carboxylic acids is 1. The molecule has 0 radical (unpaired) electrons. The monoisotopic (exact) mass is 494 g/mol. The van der Waals surface area contributed by atoms with Gasteiger partial charge in [-0.2, -0.15) is 0 Å². The Morgan fingerprint density at radius 2 is 2.00 bits per heavy atom. The smallest absolute Gasteiger partial charge is 0.259 e. The summed E-state index contributed by atoms with van der Waals surface area (Å²) in [5.74, 6) is 0.727. The number of aromatic amines is 1. The van der Waals surface area contributed by atoms with E-state index in [9.17, 15) is 18.0 Å². The number of nitrogens with zero attached hydrogens (tertiary/aromatic N) is 1. The lowest BCUT2D eigenvalue weighted by molar-refractivity contribution is -0.115. The zero-order chi connectivity index (χ0) is 23.6. The normalized spacial score (nSPS) is 12.7. The van der Waals surface area contributed by atoms with Crippen molar-refractivity contribution in [3.05, 3.63) is 50.4 Å². The lowest BCUT2D eigenvalue weighted by atomic mass is 10.2. The van der Waals surface area contributed by atoms with Crippen LogP contribution in [0.15, 0.2) is 23.0 Å². The van der Waals surface area contributed by atoms with Gasteiger partial charge in [-0.3, -0.25) is 14.3 Å². The van der Waals surface area contributed by atoms with E-state index in [-0.39, 0.29) is 22.5 Å². The van der Waals surface area contributed by atoms with Gasteiger partial charge >= 0.3 is 0 Å². The molecule has 1 amide bonds. The third kappa shape index (κ3) is 5.51. The van der Waals surface area contributed by atoms with Crippen molar-refractivity contribution in [2.24, 2.45) is 0 Å². The maximum absolute atomic E-state index is 12.6. The molecule has 0 bridgehead atoms. The Morgan fingerprint density at radius 1 is 1.28 bits per heavy atom. The predicted molar refractivity (Wildman–Crippen MR) is 133 cm³/mol. The van der Waals surface area contributed by atoms with Crippen molar-refractivity contribution in [2.45, 2.75) is 45.6 Å². The number of benzene rings is 1. The maximum atomic E-state index is 12.6. The molecule has 2 aromatic heterocycles. The lowest BCUT2D eigenvalue weighted by Gasteiger charge is -2.14. The van der Waals surface area contributed by atoms with Crippen LogP contribution >= 0.6 is 23.1 Å². The molecule has 8 nitrogen and oxygen atoms in total. The number of thiophene rings is 1. The Morgan fingerprint density at radius 3 is 2.66 bits per heavy atom. The molecule has 0 aliphatic rings. The number of H-pyrrole nitrogens is 1. The number of aromatic nitrogens is 2. The molecule has 2 heterocycles. The van der Waals surface area contributed by atoms with Crippen LogP contribution in [0.4, 0.5) is 11.4 Å². The number of aryl methyl sites for hydroxylation is 3. The van der Waals surface area contributed by atoms with Crippen molar-refractivity contribution in [2.75, 3.05) is 15.8 Å². The van der Waals surface area contributed by atoms with Crippen LogP contribution in [0.1, 0.15) is 35.7 Å². The molecule has 0 saturated carbocycles. The number of amides is 1. The second kappa shape index (κ2) is 9.63. The van der Waals surface area contributed by atoms with Gasteiger partial charge in [-0.1, -0.05) is 0 Å². The van der Waals surface area contributed by atoms with Gasteiger partial charge in [0, 0.05) is 10.6 Å². The van der Waals surface area contributed by atoms with Crippen LogP contribution in [0.25, 0.3) is 10.2 Å². The van der Waals surface area contributed by atoms with Gasteiger partial charge in [-0.05, 0) is 63.9 Å². The zero-order valence-electron chi connectivity index (χ0n) is 18.5. The average Bonchev–Trinajstić information content (AvgIpc) is 3.02. The van der Waals surface area contributed by atoms with E-state index in [2.05, 4.69) is 20.0 Å². The summed E-state index contributed by atoms with van der Waals surface area (Å²) in [6.45, 7) is 9.01. The quantitative estimate of drug-likeness (QED) is 0.436. The van der Waals surface area contributed by atoms with E-state index in [0.29, 0.717) is 38.7 Å². The van der Waals surface area contributed by atoms with Crippen LogP contribution in [-0.2, 0) is 20.6 Å². The first-order valence-corrected chi connectivity index (χ1v) is 13.5. The second-order valence-electron chi connectivity index (χ2n) is 7.45. The summed E-state index contributed by atoms with van der Waals surface area (Å²) in [5.41, 5.74) is 2.57. The minimum absolute atomic E-state index is 0.0155. The summed E-state index contributed by atoms with van der Waals surface area (Å²) in [6.07, 6.45) is 0. The van der Waals surface area contributed by atoms with E-state index >= 15 is 0 Å². The van der Waals surface area contributed by atoms with E-state index < -0.39 is 10.0 Å². The third-order valence-electron chi connectivity index (χ3n) is 5.07. The van der Waals surface area contributed by atoms with Crippen LogP contribution in [-0.4, -0.2) is 35.3 Å². The highest BCUT2D eigenvalue weighted by Gasteiger charge is 2.17. The molecule has 3 rings (SSSR count). The maximum Gasteiger partial charge on any atom is 0.259 e. The Kier molecular flexibility index (Phi) is 7.31. The molecule has 3 aromatic rings. The molecule has 11 heteroatoms. The third-order valence-corrected chi connectivity index (χ3v) is 8.61. The molecule has 0 aliphatic heterocycles. The summed E-state index contributed by atoms with van der Waals surface area (Å²) in [6, 6.07) is 5.01. The minimum atomic E-state index is -3.37. The topological polar surface area (TPSA) is 121 Å². The molecule has 32 heavy (non-hydrogen) atoms. The molecular weight excluding hydrogens is 468 g/mol. The van der Waals surface area contributed by atoms with Gasteiger partial charge in [0.05, 0.1) is 27.8 Å². The zero-order valence-corrected chi connectivity index (χ0v) is 21.0. The van der Waals surface area contributed by atoms with Crippen LogP contribution in [0.2, 0.25) is 0 Å². The highest BCUT2D eigenvalue weighted by atomic mass is 32.2. The van der Waals surface area contributed by atoms with Crippen molar-refractivity contribution >= 4 is 60.6 Å². The van der Waals surface area contributed by atoms with E-state index in [1.807, 2.05) is 13.8 Å². The summed E-state index contributed by atoms with van der Waals surface area (Å²) in [5, 5.41) is 3.09. The van der Waals surface area contributed by atoms with Crippen molar-refractivity contribution in [1.29, 1.82) is 0 Å². The molecule has 1 aromatic carbocycles. The van der Waals surface area contributed by atoms with Gasteiger partial charge < -0.3 is 10.3 Å². The molecule has 3 N–H and O–H groups in total. The van der Waals surface area contributed by atoms with E-state index in [0.717, 1.165) is 10.4 Å². The summed E-state index contributed by atoms with van der Waals surface area (Å²) in [4.78, 5) is 34.1. The number of nitrogens with one attached hydrogen (secondary N) is 3. The van der Waals surface area contributed by atoms with Crippen LogP contribution in [0.3, 0.4) is 0 Å². The van der Waals surface area contributed by atoms with Crippen molar-refractivity contribution in [3.8, 4) is 0 Å². The number of rotatable bonds is 8. The number of sulfonamides is 1. The van der Waals surface area contributed by atoms with E-state index in [1.54, 1.807) is 39.0 Å². The summed E-state index contributed by atoms with van der Waals surface area (Å²) >= 11 is 2.87.